The maximum absolute atomic E-state index is 11.2. The van der Waals surface area contributed by atoms with Crippen LogP contribution >= 0.6 is 0 Å². The minimum absolute atomic E-state index is 0.306. The summed E-state index contributed by atoms with van der Waals surface area (Å²) in [5.41, 5.74) is 1.01. The molecule has 0 saturated heterocycles. The van der Waals surface area contributed by atoms with Crippen LogP contribution in [-0.4, -0.2) is 5.78 Å². The standard InChI is InChI=1S/C10H18O.2C2H6/c1-4-7-8-9(5-2)10(11)6-3;2*1-2/h5H,4,6-8H2,1-3H3;2*1-2H3/b9-5+;;. The molecule has 0 aromatic carbocycles. The summed E-state index contributed by atoms with van der Waals surface area (Å²) in [6, 6.07) is 0. The Morgan fingerprint density at radius 2 is 1.53 bits per heavy atom. The summed E-state index contributed by atoms with van der Waals surface area (Å²) in [7, 11) is 0. The molecule has 0 aliphatic carbocycles. The number of unbranched alkanes of at least 4 members (excludes halogenated alkanes) is 1. The van der Waals surface area contributed by atoms with E-state index in [4.69, 9.17) is 0 Å². The van der Waals surface area contributed by atoms with Gasteiger partial charge in [0.15, 0.2) is 5.78 Å². The van der Waals surface area contributed by atoms with E-state index >= 15 is 0 Å². The van der Waals surface area contributed by atoms with E-state index in [1.807, 2.05) is 47.6 Å². The van der Waals surface area contributed by atoms with Crippen molar-refractivity contribution in [2.24, 2.45) is 0 Å². The normalized spacial score (nSPS) is 9.40. The van der Waals surface area contributed by atoms with Crippen molar-refractivity contribution in [2.75, 3.05) is 0 Å². The van der Waals surface area contributed by atoms with E-state index in [0.29, 0.717) is 12.2 Å². The second-order valence-corrected chi connectivity index (χ2v) is 2.69. The Labute approximate surface area is 97.0 Å². The predicted octanol–water partition coefficient (Wildman–Crippen LogP) is 5.15. The van der Waals surface area contributed by atoms with Crippen LogP contribution in [-0.2, 0) is 4.79 Å². The van der Waals surface area contributed by atoms with E-state index in [9.17, 15) is 4.79 Å². The molecule has 0 bridgehead atoms. The van der Waals surface area contributed by atoms with E-state index in [1.165, 1.54) is 0 Å². The molecule has 0 unspecified atom stereocenters. The molecule has 0 fully saturated rings. The Hall–Kier alpha value is -0.590. The molecule has 0 radical (unpaired) electrons. The highest BCUT2D eigenvalue weighted by Crippen LogP contribution is 2.09. The molecule has 15 heavy (non-hydrogen) atoms. The molecule has 0 heterocycles. The highest BCUT2D eigenvalue weighted by molar-refractivity contribution is 5.94. The fraction of sp³-hybridized carbons (Fsp3) is 0.786. The van der Waals surface area contributed by atoms with Gasteiger partial charge in [-0.15, -0.1) is 0 Å². The number of hydrogen-bond donors (Lipinski definition) is 0. The summed E-state index contributed by atoms with van der Waals surface area (Å²) < 4.78 is 0. The molecular formula is C14H30O. The molecule has 0 aliphatic rings. The van der Waals surface area contributed by atoms with Crippen LogP contribution in [0.1, 0.15) is 74.1 Å². The first-order valence-corrected chi connectivity index (χ1v) is 6.44. The van der Waals surface area contributed by atoms with E-state index < -0.39 is 0 Å². The lowest BCUT2D eigenvalue weighted by Crippen LogP contribution is -1.99. The van der Waals surface area contributed by atoms with Crippen LogP contribution < -0.4 is 0 Å². The number of allylic oxidation sites excluding steroid dienone is 2. The van der Waals surface area contributed by atoms with E-state index in [0.717, 1.165) is 24.8 Å². The minimum atomic E-state index is 0.306. The van der Waals surface area contributed by atoms with Gasteiger partial charge in [-0.3, -0.25) is 4.79 Å². The SMILES string of the molecule is C/C=C(\CCCC)C(=O)CC.CC.CC. The maximum Gasteiger partial charge on any atom is 0.158 e. The van der Waals surface area contributed by atoms with Gasteiger partial charge in [0.05, 0.1) is 0 Å². The zero-order chi connectivity index (χ0) is 12.7. The van der Waals surface area contributed by atoms with Crippen LogP contribution in [0.3, 0.4) is 0 Å². The van der Waals surface area contributed by atoms with Gasteiger partial charge in [0.1, 0.15) is 0 Å². The molecule has 0 aliphatic heterocycles. The first-order valence-electron chi connectivity index (χ1n) is 6.44. The van der Waals surface area contributed by atoms with Crippen molar-refractivity contribution in [3.63, 3.8) is 0 Å². The van der Waals surface area contributed by atoms with Crippen molar-refractivity contribution >= 4 is 5.78 Å². The van der Waals surface area contributed by atoms with Crippen LogP contribution in [0.15, 0.2) is 11.6 Å². The first-order chi connectivity index (χ1) is 7.26. The fourth-order valence-electron chi connectivity index (χ4n) is 1.04. The van der Waals surface area contributed by atoms with Crippen molar-refractivity contribution in [3.05, 3.63) is 11.6 Å². The number of Topliss-reactive ketones (excluding diaryl/α,β-unsaturated/α-hetero) is 1. The summed E-state index contributed by atoms with van der Waals surface area (Å²) in [5.74, 6) is 0.306. The summed E-state index contributed by atoms with van der Waals surface area (Å²) in [4.78, 5) is 11.2. The first kappa shape index (κ1) is 19.9. The summed E-state index contributed by atoms with van der Waals surface area (Å²) in [6.45, 7) is 14.0. The monoisotopic (exact) mass is 214 g/mol. The largest absolute Gasteiger partial charge is 0.295 e. The van der Waals surface area contributed by atoms with Crippen LogP contribution in [0.5, 0.6) is 0 Å². The zero-order valence-electron chi connectivity index (χ0n) is 11.8. The Morgan fingerprint density at radius 1 is 1.07 bits per heavy atom. The summed E-state index contributed by atoms with van der Waals surface area (Å²) in [6.07, 6.45) is 5.84. The second-order valence-electron chi connectivity index (χ2n) is 2.69. The van der Waals surface area contributed by atoms with Crippen LogP contribution in [0.25, 0.3) is 0 Å². The number of carbonyl (C=O) groups excluding carboxylic acids is 1. The molecule has 92 valence electrons. The molecule has 1 nitrogen and oxygen atoms in total. The maximum atomic E-state index is 11.2. The van der Waals surface area contributed by atoms with Gasteiger partial charge >= 0.3 is 0 Å². The number of rotatable bonds is 5. The Bertz CT molecular complexity index is 145. The molecule has 0 amide bonds. The van der Waals surface area contributed by atoms with E-state index in [-0.39, 0.29) is 0 Å². The van der Waals surface area contributed by atoms with Gasteiger partial charge in [-0.25, -0.2) is 0 Å². The molecule has 0 spiro atoms. The highest BCUT2D eigenvalue weighted by atomic mass is 16.1. The number of carbonyl (C=O) groups is 1. The molecule has 0 rings (SSSR count). The average molecular weight is 214 g/mol. The van der Waals surface area contributed by atoms with Crippen molar-refractivity contribution in [3.8, 4) is 0 Å². The zero-order valence-corrected chi connectivity index (χ0v) is 11.8. The van der Waals surface area contributed by atoms with Gasteiger partial charge < -0.3 is 0 Å². The minimum Gasteiger partial charge on any atom is -0.295 e. The third kappa shape index (κ3) is 13.4. The molecule has 1 heteroatoms. The lowest BCUT2D eigenvalue weighted by Gasteiger charge is -2.01. The quantitative estimate of drug-likeness (QED) is 0.578. The lowest BCUT2D eigenvalue weighted by molar-refractivity contribution is -0.115. The molecule has 0 aromatic rings. The molecule has 0 N–H and O–H groups in total. The van der Waals surface area contributed by atoms with E-state index in [1.54, 1.807) is 0 Å². The van der Waals surface area contributed by atoms with Gasteiger partial charge in [-0.05, 0) is 25.3 Å². The molecule has 0 saturated carbocycles. The average Bonchev–Trinajstić information content (AvgIpc) is 2.34. The third-order valence-electron chi connectivity index (χ3n) is 1.83. The van der Waals surface area contributed by atoms with Crippen LogP contribution in [0.4, 0.5) is 0 Å². The number of ketones is 1. The fourth-order valence-corrected chi connectivity index (χ4v) is 1.04. The van der Waals surface area contributed by atoms with Crippen molar-refractivity contribution in [2.45, 2.75) is 74.1 Å². The van der Waals surface area contributed by atoms with Gasteiger partial charge in [-0.2, -0.15) is 0 Å². The van der Waals surface area contributed by atoms with Gasteiger partial charge in [0.25, 0.3) is 0 Å². The van der Waals surface area contributed by atoms with Crippen molar-refractivity contribution in [1.29, 1.82) is 0 Å². The Balaban J connectivity index is -0.000000318. The van der Waals surface area contributed by atoms with Gasteiger partial charge in [0.2, 0.25) is 0 Å². The van der Waals surface area contributed by atoms with Gasteiger partial charge in [0, 0.05) is 6.42 Å². The summed E-state index contributed by atoms with van der Waals surface area (Å²) in [5, 5.41) is 0. The predicted molar refractivity (Wildman–Crippen MR) is 71.3 cm³/mol. The lowest BCUT2D eigenvalue weighted by atomic mass is 10.0. The van der Waals surface area contributed by atoms with E-state index in [2.05, 4.69) is 6.92 Å². The third-order valence-corrected chi connectivity index (χ3v) is 1.83. The summed E-state index contributed by atoms with van der Waals surface area (Å²) >= 11 is 0. The second kappa shape index (κ2) is 19.1. The Morgan fingerprint density at radius 3 is 1.80 bits per heavy atom. The highest BCUT2D eigenvalue weighted by Gasteiger charge is 2.03. The smallest absolute Gasteiger partial charge is 0.158 e. The molecule has 0 aromatic heterocycles. The Kier molecular flexibility index (Phi) is 25.3. The van der Waals surface area contributed by atoms with Crippen molar-refractivity contribution < 1.29 is 4.79 Å². The topological polar surface area (TPSA) is 17.1 Å². The van der Waals surface area contributed by atoms with Crippen LogP contribution in [0.2, 0.25) is 0 Å². The number of hydrogen-bond acceptors (Lipinski definition) is 1. The van der Waals surface area contributed by atoms with Gasteiger partial charge in [-0.1, -0.05) is 54.0 Å². The van der Waals surface area contributed by atoms with Crippen LogP contribution in [0, 0.1) is 0 Å². The molecule has 0 atom stereocenters. The van der Waals surface area contributed by atoms with Crippen molar-refractivity contribution in [1.82, 2.24) is 0 Å². The molecular weight excluding hydrogens is 184 g/mol.